The first-order chi connectivity index (χ1) is 7.16. The number of hydrogen-bond acceptors (Lipinski definition) is 4. The van der Waals surface area contributed by atoms with E-state index in [9.17, 15) is 4.79 Å². The summed E-state index contributed by atoms with van der Waals surface area (Å²) in [5, 5.41) is 6.88. The SMILES string of the molecule is Cc1nnsc1C(=O)NC1CCC(C)C1. The van der Waals surface area contributed by atoms with E-state index in [1.807, 2.05) is 6.92 Å². The molecule has 0 aliphatic heterocycles. The van der Waals surface area contributed by atoms with Gasteiger partial charge in [-0.2, -0.15) is 0 Å². The predicted molar refractivity (Wildman–Crippen MR) is 58.9 cm³/mol. The van der Waals surface area contributed by atoms with Crippen LogP contribution in [0.3, 0.4) is 0 Å². The van der Waals surface area contributed by atoms with Crippen LogP contribution in [0, 0.1) is 12.8 Å². The molecule has 82 valence electrons. The molecule has 15 heavy (non-hydrogen) atoms. The molecule has 2 rings (SSSR count). The standard InChI is InChI=1S/C10H15N3OS/c1-6-3-4-8(5-6)11-10(14)9-7(2)12-13-15-9/h6,8H,3-5H2,1-2H3,(H,11,14). The zero-order chi connectivity index (χ0) is 10.8. The summed E-state index contributed by atoms with van der Waals surface area (Å²) in [7, 11) is 0. The monoisotopic (exact) mass is 225 g/mol. The molecule has 1 heterocycles. The number of nitrogens with one attached hydrogen (secondary N) is 1. The fourth-order valence-corrected chi connectivity index (χ4v) is 2.59. The summed E-state index contributed by atoms with van der Waals surface area (Å²) in [5.41, 5.74) is 0.726. The summed E-state index contributed by atoms with van der Waals surface area (Å²) >= 11 is 1.17. The third kappa shape index (κ3) is 2.34. The Morgan fingerprint density at radius 2 is 2.33 bits per heavy atom. The van der Waals surface area contributed by atoms with Crippen LogP contribution >= 0.6 is 11.5 Å². The van der Waals surface area contributed by atoms with Gasteiger partial charge in [-0.25, -0.2) is 0 Å². The van der Waals surface area contributed by atoms with Crippen LogP contribution in [0.25, 0.3) is 0 Å². The summed E-state index contributed by atoms with van der Waals surface area (Å²) in [5.74, 6) is 0.720. The van der Waals surface area contributed by atoms with Gasteiger partial charge in [0.05, 0.1) is 5.69 Å². The lowest BCUT2D eigenvalue weighted by atomic mass is 10.1. The maximum absolute atomic E-state index is 11.8. The maximum Gasteiger partial charge on any atom is 0.265 e. The van der Waals surface area contributed by atoms with Gasteiger partial charge >= 0.3 is 0 Å². The highest BCUT2D eigenvalue weighted by atomic mass is 32.1. The lowest BCUT2D eigenvalue weighted by Crippen LogP contribution is -2.32. The molecular weight excluding hydrogens is 210 g/mol. The van der Waals surface area contributed by atoms with Crippen molar-refractivity contribution in [2.45, 2.75) is 39.2 Å². The number of carbonyl (C=O) groups is 1. The largest absolute Gasteiger partial charge is 0.348 e. The molecule has 0 aromatic carbocycles. The molecule has 1 amide bonds. The third-order valence-corrected chi connectivity index (χ3v) is 3.71. The Morgan fingerprint density at radius 3 is 2.87 bits per heavy atom. The number of amides is 1. The average Bonchev–Trinajstić information content (AvgIpc) is 2.75. The molecule has 0 bridgehead atoms. The van der Waals surface area contributed by atoms with Crippen molar-refractivity contribution < 1.29 is 4.79 Å². The second-order valence-electron chi connectivity index (χ2n) is 4.28. The van der Waals surface area contributed by atoms with Crippen molar-refractivity contribution in [3.8, 4) is 0 Å². The number of hydrogen-bond donors (Lipinski definition) is 1. The van der Waals surface area contributed by atoms with Crippen molar-refractivity contribution >= 4 is 17.4 Å². The molecule has 0 spiro atoms. The molecule has 5 heteroatoms. The van der Waals surface area contributed by atoms with Crippen LogP contribution in [0.5, 0.6) is 0 Å². The van der Waals surface area contributed by atoms with Gasteiger partial charge in [0, 0.05) is 6.04 Å². The lowest BCUT2D eigenvalue weighted by molar-refractivity contribution is 0.0940. The zero-order valence-corrected chi connectivity index (χ0v) is 9.80. The van der Waals surface area contributed by atoms with Gasteiger partial charge in [0.25, 0.3) is 5.91 Å². The highest BCUT2D eigenvalue weighted by Crippen LogP contribution is 2.25. The quantitative estimate of drug-likeness (QED) is 0.834. The molecule has 1 aromatic heterocycles. The van der Waals surface area contributed by atoms with E-state index < -0.39 is 0 Å². The molecular formula is C10H15N3OS. The summed E-state index contributed by atoms with van der Waals surface area (Å²) in [6, 6.07) is 0.342. The number of rotatable bonds is 2. The Bertz CT molecular complexity index is 363. The van der Waals surface area contributed by atoms with E-state index in [2.05, 4.69) is 21.8 Å². The van der Waals surface area contributed by atoms with Gasteiger partial charge in [-0.15, -0.1) is 5.10 Å². The van der Waals surface area contributed by atoms with Crippen LogP contribution in [-0.2, 0) is 0 Å². The highest BCUT2D eigenvalue weighted by molar-refractivity contribution is 7.07. The summed E-state index contributed by atoms with van der Waals surface area (Å²) in [4.78, 5) is 12.5. The van der Waals surface area contributed by atoms with Crippen molar-refractivity contribution in [1.29, 1.82) is 0 Å². The number of nitrogens with zero attached hydrogens (tertiary/aromatic N) is 2. The minimum absolute atomic E-state index is 0.0124. The maximum atomic E-state index is 11.8. The summed E-state index contributed by atoms with van der Waals surface area (Å²) in [6.45, 7) is 4.04. The smallest absolute Gasteiger partial charge is 0.265 e. The van der Waals surface area contributed by atoms with Crippen LogP contribution in [0.1, 0.15) is 41.6 Å². The van der Waals surface area contributed by atoms with E-state index in [0.717, 1.165) is 24.5 Å². The van der Waals surface area contributed by atoms with Gasteiger partial charge in [0.1, 0.15) is 4.88 Å². The molecule has 1 aliphatic rings. The normalized spacial score (nSPS) is 25.5. The Hall–Kier alpha value is -0.970. The summed E-state index contributed by atoms with van der Waals surface area (Å²) in [6.07, 6.45) is 3.40. The van der Waals surface area contributed by atoms with Gasteiger partial charge in [-0.1, -0.05) is 11.4 Å². The van der Waals surface area contributed by atoms with Crippen molar-refractivity contribution in [2.24, 2.45) is 5.92 Å². The summed E-state index contributed by atoms with van der Waals surface area (Å²) < 4.78 is 3.76. The molecule has 1 aromatic rings. The first kappa shape index (κ1) is 10.5. The molecule has 1 N–H and O–H groups in total. The minimum Gasteiger partial charge on any atom is -0.348 e. The fraction of sp³-hybridized carbons (Fsp3) is 0.700. The molecule has 4 nitrogen and oxygen atoms in total. The second kappa shape index (κ2) is 4.26. The van der Waals surface area contributed by atoms with Gasteiger partial charge in [0.2, 0.25) is 0 Å². The first-order valence-electron chi connectivity index (χ1n) is 5.26. The van der Waals surface area contributed by atoms with Gasteiger partial charge in [-0.3, -0.25) is 4.79 Å². The minimum atomic E-state index is -0.0124. The van der Waals surface area contributed by atoms with Gasteiger partial charge in [0.15, 0.2) is 0 Å². The zero-order valence-electron chi connectivity index (χ0n) is 8.99. The lowest BCUT2D eigenvalue weighted by Gasteiger charge is -2.11. The second-order valence-corrected chi connectivity index (χ2v) is 5.03. The molecule has 1 aliphatic carbocycles. The Balaban J connectivity index is 1.96. The Morgan fingerprint density at radius 1 is 1.53 bits per heavy atom. The van der Waals surface area contributed by atoms with Crippen LogP contribution in [0.15, 0.2) is 0 Å². The molecule has 0 radical (unpaired) electrons. The number of carbonyl (C=O) groups excluding carboxylic acids is 1. The molecule has 2 atom stereocenters. The first-order valence-corrected chi connectivity index (χ1v) is 6.04. The van der Waals surface area contributed by atoms with E-state index in [1.165, 1.54) is 18.0 Å². The van der Waals surface area contributed by atoms with Crippen LogP contribution < -0.4 is 5.32 Å². The number of aryl methyl sites for hydroxylation is 1. The molecule has 1 fully saturated rings. The fourth-order valence-electron chi connectivity index (χ4n) is 2.03. The highest BCUT2D eigenvalue weighted by Gasteiger charge is 2.24. The Labute approximate surface area is 93.2 Å². The van der Waals surface area contributed by atoms with Gasteiger partial charge in [-0.05, 0) is 43.6 Å². The predicted octanol–water partition coefficient (Wildman–Crippen LogP) is 1.76. The average molecular weight is 225 g/mol. The molecule has 2 unspecified atom stereocenters. The molecule has 0 saturated heterocycles. The van der Waals surface area contributed by atoms with E-state index in [-0.39, 0.29) is 5.91 Å². The third-order valence-electron chi connectivity index (χ3n) is 2.89. The van der Waals surface area contributed by atoms with Crippen molar-refractivity contribution in [3.63, 3.8) is 0 Å². The van der Waals surface area contributed by atoms with Crippen molar-refractivity contribution in [2.75, 3.05) is 0 Å². The van der Waals surface area contributed by atoms with Crippen molar-refractivity contribution in [1.82, 2.24) is 14.9 Å². The molecule has 1 saturated carbocycles. The number of aromatic nitrogens is 2. The van der Waals surface area contributed by atoms with E-state index in [0.29, 0.717) is 10.9 Å². The van der Waals surface area contributed by atoms with E-state index in [4.69, 9.17) is 0 Å². The van der Waals surface area contributed by atoms with E-state index in [1.54, 1.807) is 0 Å². The van der Waals surface area contributed by atoms with Crippen LogP contribution in [0.2, 0.25) is 0 Å². The Kier molecular flexibility index (Phi) is 3.00. The van der Waals surface area contributed by atoms with Crippen LogP contribution in [-0.4, -0.2) is 21.5 Å². The van der Waals surface area contributed by atoms with Gasteiger partial charge < -0.3 is 5.32 Å². The van der Waals surface area contributed by atoms with E-state index >= 15 is 0 Å². The topological polar surface area (TPSA) is 54.9 Å². The van der Waals surface area contributed by atoms with Crippen LogP contribution in [0.4, 0.5) is 0 Å². The van der Waals surface area contributed by atoms with Crippen molar-refractivity contribution in [3.05, 3.63) is 10.6 Å².